The maximum Gasteiger partial charge on any atom is 0.416 e. The van der Waals surface area contributed by atoms with Crippen LogP contribution in [0.3, 0.4) is 0 Å². The molecule has 244 valence electrons. The molecule has 0 radical (unpaired) electrons. The Morgan fingerprint density at radius 1 is 0.822 bits per heavy atom. The first kappa shape index (κ1) is 31.9. The molecule has 4 aliphatic rings. The highest BCUT2D eigenvalue weighted by Gasteiger charge is 2.47. The summed E-state index contributed by atoms with van der Waals surface area (Å²) in [5.41, 5.74) is 1.05. The Bertz CT molecular complexity index is 1280. The molecule has 2 aromatic carbocycles. The van der Waals surface area contributed by atoms with Crippen LogP contribution in [-0.2, 0) is 28.8 Å². The van der Waals surface area contributed by atoms with Gasteiger partial charge in [0.05, 0.1) is 12.1 Å². The molecule has 4 fully saturated rings. The van der Waals surface area contributed by atoms with E-state index in [1.807, 2.05) is 11.0 Å². The number of rotatable bonds is 8. The van der Waals surface area contributed by atoms with Gasteiger partial charge >= 0.3 is 12.3 Å². The molecule has 45 heavy (non-hydrogen) atoms. The minimum Gasteiger partial charge on any atom is -0.441 e. The molecular weight excluding hydrogens is 581 g/mol. The fraction of sp³-hybridized carbons (Fsp3) is 0.600. The number of benzene rings is 2. The third-order valence-electron chi connectivity index (χ3n) is 10.4. The summed E-state index contributed by atoms with van der Waals surface area (Å²) in [5, 5.41) is 3.33. The summed E-state index contributed by atoms with van der Waals surface area (Å²) in [4.78, 5) is 32.5. The van der Waals surface area contributed by atoms with Crippen molar-refractivity contribution in [2.75, 3.05) is 39.3 Å². The largest absolute Gasteiger partial charge is 0.441 e. The van der Waals surface area contributed by atoms with Gasteiger partial charge in [-0.05, 0) is 67.7 Å². The SMILES string of the molecule is O=C(NC1CCN(Cc2ccccc2)CC1)C1CCC(CN2CC3(CCN(Cc4ccc(C(F)(F)F)cc4)CC3)OC2=O)CC1. The minimum absolute atomic E-state index is 0.0504. The number of hydrogen-bond donors (Lipinski definition) is 1. The molecule has 0 aromatic heterocycles. The van der Waals surface area contributed by atoms with E-state index in [1.165, 1.54) is 5.56 Å². The first-order chi connectivity index (χ1) is 21.6. The van der Waals surface area contributed by atoms with Gasteiger partial charge in [-0.2, -0.15) is 13.2 Å². The van der Waals surface area contributed by atoms with Gasteiger partial charge < -0.3 is 15.0 Å². The number of hydrogen-bond acceptors (Lipinski definition) is 5. The van der Waals surface area contributed by atoms with E-state index in [1.54, 1.807) is 12.1 Å². The van der Waals surface area contributed by atoms with Crippen LogP contribution >= 0.6 is 0 Å². The molecule has 1 aliphatic carbocycles. The van der Waals surface area contributed by atoms with Crippen LogP contribution in [-0.4, -0.2) is 77.6 Å². The Kier molecular flexibility index (Phi) is 9.71. The standard InChI is InChI=1S/C35H45F3N4O3/c36-35(37,38)30-12-8-27(9-13-30)23-41-20-16-34(17-21-41)25-42(33(44)45-34)24-28-6-10-29(11-7-28)32(43)39-31-14-18-40(19-15-31)22-26-4-2-1-3-5-26/h1-5,8-9,12-13,28-29,31H,6-7,10-11,14-25H2,(H,39,43). The summed E-state index contributed by atoms with van der Waals surface area (Å²) in [6, 6.07) is 16.1. The zero-order valence-electron chi connectivity index (χ0n) is 25.9. The van der Waals surface area contributed by atoms with Gasteiger partial charge in [0, 0.05) is 70.6 Å². The quantitative estimate of drug-likeness (QED) is 0.385. The Morgan fingerprint density at radius 3 is 2.04 bits per heavy atom. The van der Waals surface area contributed by atoms with Crippen LogP contribution in [0.2, 0.25) is 0 Å². The zero-order chi connectivity index (χ0) is 31.4. The normalized spacial score (nSPS) is 25.0. The number of carbonyl (C=O) groups excluding carboxylic acids is 2. The number of ether oxygens (including phenoxy) is 1. The Morgan fingerprint density at radius 2 is 1.42 bits per heavy atom. The molecule has 10 heteroatoms. The van der Waals surface area contributed by atoms with E-state index in [0.717, 1.165) is 88.9 Å². The van der Waals surface area contributed by atoms with E-state index >= 15 is 0 Å². The number of nitrogens with zero attached hydrogens (tertiary/aromatic N) is 3. The molecule has 0 atom stereocenters. The van der Waals surface area contributed by atoms with Crippen LogP contribution in [0.1, 0.15) is 68.1 Å². The molecule has 3 aliphatic heterocycles. The highest BCUT2D eigenvalue weighted by Crippen LogP contribution is 2.37. The van der Waals surface area contributed by atoms with Gasteiger partial charge in [-0.1, -0.05) is 42.5 Å². The monoisotopic (exact) mass is 626 g/mol. The summed E-state index contributed by atoms with van der Waals surface area (Å²) in [6.45, 7) is 6.25. The van der Waals surface area contributed by atoms with Crippen LogP contribution in [0.4, 0.5) is 18.0 Å². The minimum atomic E-state index is -4.33. The Hall–Kier alpha value is -3.11. The summed E-state index contributed by atoms with van der Waals surface area (Å²) in [6.07, 6.45) is 2.41. The van der Waals surface area contributed by atoms with Crippen molar-refractivity contribution in [3.8, 4) is 0 Å². The van der Waals surface area contributed by atoms with Gasteiger partial charge in [0.25, 0.3) is 0 Å². The number of nitrogens with one attached hydrogen (secondary N) is 1. The fourth-order valence-electron chi connectivity index (χ4n) is 7.58. The van der Waals surface area contributed by atoms with Crippen molar-refractivity contribution in [3.63, 3.8) is 0 Å². The van der Waals surface area contributed by atoms with Crippen LogP contribution in [0, 0.1) is 11.8 Å². The maximum atomic E-state index is 13.1. The third kappa shape index (κ3) is 8.19. The van der Waals surface area contributed by atoms with Crippen molar-refractivity contribution in [1.29, 1.82) is 0 Å². The second-order valence-corrected chi connectivity index (χ2v) is 13.7. The molecule has 3 saturated heterocycles. The van der Waals surface area contributed by atoms with E-state index in [2.05, 4.69) is 39.4 Å². The molecule has 7 nitrogen and oxygen atoms in total. The third-order valence-corrected chi connectivity index (χ3v) is 10.4. The summed E-state index contributed by atoms with van der Waals surface area (Å²) in [7, 11) is 0. The van der Waals surface area contributed by atoms with Crippen LogP contribution < -0.4 is 5.32 Å². The highest BCUT2D eigenvalue weighted by molar-refractivity contribution is 5.79. The number of amides is 2. The molecule has 2 aromatic rings. The van der Waals surface area contributed by atoms with E-state index < -0.39 is 17.3 Å². The molecule has 0 bridgehead atoms. The second kappa shape index (κ2) is 13.7. The first-order valence-electron chi connectivity index (χ1n) is 16.6. The van der Waals surface area contributed by atoms with Gasteiger partial charge in [-0.3, -0.25) is 14.6 Å². The average molecular weight is 627 g/mol. The molecule has 0 unspecified atom stereocenters. The molecular formula is C35H45F3N4O3. The maximum absolute atomic E-state index is 13.1. The zero-order valence-corrected chi connectivity index (χ0v) is 25.9. The van der Waals surface area contributed by atoms with Gasteiger partial charge in [0.2, 0.25) is 5.91 Å². The lowest BCUT2D eigenvalue weighted by molar-refractivity contribution is -0.137. The Balaban J connectivity index is 0.888. The predicted octanol–water partition coefficient (Wildman–Crippen LogP) is 6.08. The molecule has 1 spiro atoms. The predicted molar refractivity (Wildman–Crippen MR) is 165 cm³/mol. The van der Waals surface area contributed by atoms with E-state index in [0.29, 0.717) is 38.4 Å². The number of likely N-dealkylation sites (tertiary alicyclic amines) is 2. The van der Waals surface area contributed by atoms with Gasteiger partial charge in [0.15, 0.2) is 0 Å². The lowest BCUT2D eigenvalue weighted by Crippen LogP contribution is -2.47. The molecule has 1 N–H and O–H groups in total. The smallest absolute Gasteiger partial charge is 0.416 e. The topological polar surface area (TPSA) is 65.1 Å². The summed E-state index contributed by atoms with van der Waals surface area (Å²) in [5.74, 6) is 0.616. The number of piperidine rings is 2. The number of alkyl halides is 3. The van der Waals surface area contributed by atoms with Crippen molar-refractivity contribution in [1.82, 2.24) is 20.0 Å². The lowest BCUT2D eigenvalue weighted by atomic mass is 9.81. The van der Waals surface area contributed by atoms with Crippen LogP contribution in [0.5, 0.6) is 0 Å². The second-order valence-electron chi connectivity index (χ2n) is 13.7. The van der Waals surface area contributed by atoms with Gasteiger partial charge in [-0.15, -0.1) is 0 Å². The van der Waals surface area contributed by atoms with E-state index in [4.69, 9.17) is 4.74 Å². The summed E-state index contributed by atoms with van der Waals surface area (Å²) >= 11 is 0. The van der Waals surface area contributed by atoms with Crippen LogP contribution in [0.25, 0.3) is 0 Å². The molecule has 1 saturated carbocycles. The van der Waals surface area contributed by atoms with E-state index in [-0.39, 0.29) is 24.0 Å². The van der Waals surface area contributed by atoms with Gasteiger partial charge in [0.1, 0.15) is 5.60 Å². The van der Waals surface area contributed by atoms with Gasteiger partial charge in [-0.25, -0.2) is 4.79 Å². The van der Waals surface area contributed by atoms with E-state index in [9.17, 15) is 22.8 Å². The average Bonchev–Trinajstić information content (AvgIpc) is 3.33. The molecule has 2 amide bonds. The lowest BCUT2D eigenvalue weighted by Gasteiger charge is -2.37. The fourth-order valence-corrected chi connectivity index (χ4v) is 7.58. The van der Waals surface area contributed by atoms with Crippen molar-refractivity contribution in [2.45, 2.75) is 82.3 Å². The first-order valence-corrected chi connectivity index (χ1v) is 16.6. The molecule has 3 heterocycles. The molecule has 6 rings (SSSR count). The van der Waals surface area contributed by atoms with Crippen molar-refractivity contribution in [2.24, 2.45) is 11.8 Å². The Labute approximate surface area is 264 Å². The van der Waals surface area contributed by atoms with Crippen molar-refractivity contribution < 1.29 is 27.5 Å². The van der Waals surface area contributed by atoms with Crippen molar-refractivity contribution in [3.05, 3.63) is 71.3 Å². The summed E-state index contributed by atoms with van der Waals surface area (Å²) < 4.78 is 44.6. The number of carbonyl (C=O) groups is 2. The van der Waals surface area contributed by atoms with Crippen LogP contribution in [0.15, 0.2) is 54.6 Å². The number of halogens is 3. The van der Waals surface area contributed by atoms with Crippen molar-refractivity contribution >= 4 is 12.0 Å². The highest BCUT2D eigenvalue weighted by atomic mass is 19.4.